The van der Waals surface area contributed by atoms with E-state index >= 15 is 0 Å². The summed E-state index contributed by atoms with van der Waals surface area (Å²) < 4.78 is 1.93. The van der Waals surface area contributed by atoms with Gasteiger partial charge in [-0.15, -0.1) is 11.8 Å². The van der Waals surface area contributed by atoms with Crippen LogP contribution in [0.4, 0.5) is 11.5 Å². The predicted molar refractivity (Wildman–Crippen MR) is 94.6 cm³/mol. The van der Waals surface area contributed by atoms with Crippen LogP contribution < -0.4 is 11.1 Å². The number of hydrogen-bond acceptors (Lipinski definition) is 4. The minimum Gasteiger partial charge on any atom is -0.389 e. The Morgan fingerprint density at radius 3 is 2.81 bits per heavy atom. The number of thioether (sulfide) groups is 1. The zero-order valence-corrected chi connectivity index (χ0v) is 14.1. The van der Waals surface area contributed by atoms with Gasteiger partial charge < -0.3 is 11.1 Å². The molecule has 4 nitrogen and oxygen atoms in total. The summed E-state index contributed by atoms with van der Waals surface area (Å²) in [7, 11) is 0. The summed E-state index contributed by atoms with van der Waals surface area (Å²) in [5, 5.41) is 7.73. The van der Waals surface area contributed by atoms with Gasteiger partial charge in [-0.25, -0.2) is 4.68 Å². The van der Waals surface area contributed by atoms with E-state index in [2.05, 4.69) is 31.2 Å². The molecule has 0 aliphatic heterocycles. The molecule has 1 heterocycles. The van der Waals surface area contributed by atoms with Gasteiger partial charge in [0.05, 0.1) is 11.9 Å². The molecule has 0 radical (unpaired) electrons. The summed E-state index contributed by atoms with van der Waals surface area (Å²) >= 11 is 6.97. The Morgan fingerprint density at radius 2 is 2.19 bits per heavy atom. The molecule has 0 aliphatic rings. The minimum atomic E-state index is 0.281. The molecule has 3 N–H and O–H groups in total. The fraction of sp³-hybridized carbons (Fsp3) is 0.333. The molecule has 0 saturated heterocycles. The van der Waals surface area contributed by atoms with Crippen LogP contribution in [0.3, 0.4) is 0 Å². The van der Waals surface area contributed by atoms with Crippen LogP contribution in [0.2, 0.25) is 0 Å². The summed E-state index contributed by atoms with van der Waals surface area (Å²) in [5.41, 5.74) is 7.75. The molecule has 0 amide bonds. The van der Waals surface area contributed by atoms with E-state index in [-0.39, 0.29) is 6.04 Å². The average molecular weight is 320 g/mol. The standard InChI is InChI=1S/C15H20N4S2/c1-4-21-12-7-5-6-11(14(12)15(16)20)18-13-8-9-17-19(13)10(2)3/h5-10,18H,4H2,1-3H3,(H2,16,20). The fourth-order valence-electron chi connectivity index (χ4n) is 2.13. The van der Waals surface area contributed by atoms with Crippen molar-refractivity contribution in [2.45, 2.75) is 31.7 Å². The van der Waals surface area contributed by atoms with E-state index in [0.717, 1.165) is 27.7 Å². The van der Waals surface area contributed by atoms with Gasteiger partial charge in [-0.2, -0.15) is 5.10 Å². The highest BCUT2D eigenvalue weighted by atomic mass is 32.2. The largest absolute Gasteiger partial charge is 0.389 e. The molecule has 1 aromatic heterocycles. The second-order valence-corrected chi connectivity index (χ2v) is 6.60. The van der Waals surface area contributed by atoms with Gasteiger partial charge in [-0.05, 0) is 31.7 Å². The molecular formula is C15H20N4S2. The number of aromatic nitrogens is 2. The fourth-order valence-corrected chi connectivity index (χ4v) is 3.26. The SMILES string of the molecule is CCSc1cccc(Nc2ccnn2C(C)C)c1C(N)=S. The quantitative estimate of drug-likeness (QED) is 0.623. The van der Waals surface area contributed by atoms with Crippen LogP contribution in [0.25, 0.3) is 0 Å². The van der Waals surface area contributed by atoms with Crippen LogP contribution in [0.15, 0.2) is 35.4 Å². The van der Waals surface area contributed by atoms with Gasteiger partial charge in [0.15, 0.2) is 0 Å². The Morgan fingerprint density at radius 1 is 1.43 bits per heavy atom. The highest BCUT2D eigenvalue weighted by Crippen LogP contribution is 2.30. The van der Waals surface area contributed by atoms with Crippen molar-refractivity contribution in [1.29, 1.82) is 0 Å². The highest BCUT2D eigenvalue weighted by molar-refractivity contribution is 7.99. The molecule has 0 fully saturated rings. The van der Waals surface area contributed by atoms with Gasteiger partial charge in [-0.3, -0.25) is 0 Å². The number of nitrogens with two attached hydrogens (primary N) is 1. The van der Waals surface area contributed by atoms with Crippen LogP contribution in [0.5, 0.6) is 0 Å². The third-order valence-corrected chi connectivity index (χ3v) is 4.14. The molecule has 2 aromatic rings. The maximum absolute atomic E-state index is 5.93. The van der Waals surface area contributed by atoms with Crippen LogP contribution in [-0.2, 0) is 0 Å². The maximum Gasteiger partial charge on any atom is 0.128 e. The van der Waals surface area contributed by atoms with Crippen molar-refractivity contribution < 1.29 is 0 Å². The van der Waals surface area contributed by atoms with Gasteiger partial charge in [0.25, 0.3) is 0 Å². The Hall–Kier alpha value is -1.53. The van der Waals surface area contributed by atoms with Crippen molar-refractivity contribution in [3.63, 3.8) is 0 Å². The number of hydrogen-bond donors (Lipinski definition) is 2. The molecule has 1 aromatic carbocycles. The zero-order valence-electron chi connectivity index (χ0n) is 12.5. The Balaban J connectivity index is 2.42. The zero-order chi connectivity index (χ0) is 15.4. The first-order valence-electron chi connectivity index (χ1n) is 6.90. The lowest BCUT2D eigenvalue weighted by Gasteiger charge is -2.17. The second-order valence-electron chi connectivity index (χ2n) is 4.86. The molecule has 21 heavy (non-hydrogen) atoms. The maximum atomic E-state index is 5.93. The van der Waals surface area contributed by atoms with Gasteiger partial charge in [0.2, 0.25) is 0 Å². The normalized spacial score (nSPS) is 10.9. The lowest BCUT2D eigenvalue weighted by molar-refractivity contribution is 0.540. The molecule has 0 unspecified atom stereocenters. The monoisotopic (exact) mass is 320 g/mol. The van der Waals surface area contributed by atoms with Gasteiger partial charge in [0.1, 0.15) is 10.8 Å². The van der Waals surface area contributed by atoms with E-state index in [9.17, 15) is 0 Å². The molecule has 2 rings (SSSR count). The van der Waals surface area contributed by atoms with E-state index in [1.54, 1.807) is 18.0 Å². The molecule has 0 saturated carbocycles. The van der Waals surface area contributed by atoms with Gasteiger partial charge >= 0.3 is 0 Å². The first-order valence-corrected chi connectivity index (χ1v) is 8.30. The van der Waals surface area contributed by atoms with E-state index in [1.165, 1.54) is 0 Å². The first kappa shape index (κ1) is 15.9. The Kier molecular flexibility index (Phi) is 5.25. The number of nitrogens with one attached hydrogen (secondary N) is 1. The van der Waals surface area contributed by atoms with Crippen molar-refractivity contribution in [2.75, 3.05) is 11.1 Å². The van der Waals surface area contributed by atoms with Gasteiger partial charge in [-0.1, -0.05) is 25.2 Å². The molecule has 0 bridgehead atoms. The predicted octanol–water partition coefficient (Wildman–Crippen LogP) is 3.95. The Labute approximate surface area is 135 Å². The molecule has 6 heteroatoms. The first-order chi connectivity index (χ1) is 10.0. The summed E-state index contributed by atoms with van der Waals surface area (Å²) in [6.07, 6.45) is 1.79. The Bertz CT molecular complexity index is 634. The molecule has 0 spiro atoms. The highest BCUT2D eigenvalue weighted by Gasteiger charge is 2.13. The number of thiocarbonyl (C=S) groups is 1. The number of rotatable bonds is 6. The smallest absolute Gasteiger partial charge is 0.128 e. The topological polar surface area (TPSA) is 55.9 Å². The van der Waals surface area contributed by atoms with E-state index < -0.39 is 0 Å². The van der Waals surface area contributed by atoms with Crippen LogP contribution >= 0.6 is 24.0 Å². The summed E-state index contributed by atoms with van der Waals surface area (Å²) in [5.74, 6) is 1.91. The molecule has 112 valence electrons. The third-order valence-electron chi connectivity index (χ3n) is 2.99. The lowest BCUT2D eigenvalue weighted by atomic mass is 10.1. The number of benzene rings is 1. The third kappa shape index (κ3) is 3.57. The summed E-state index contributed by atoms with van der Waals surface area (Å²) in [6.45, 7) is 6.30. The lowest BCUT2D eigenvalue weighted by Crippen LogP contribution is -2.15. The molecular weight excluding hydrogens is 300 g/mol. The van der Waals surface area contributed by atoms with Crippen molar-refractivity contribution >= 4 is 40.5 Å². The summed E-state index contributed by atoms with van der Waals surface area (Å²) in [4.78, 5) is 1.51. The van der Waals surface area contributed by atoms with Crippen LogP contribution in [0, 0.1) is 0 Å². The van der Waals surface area contributed by atoms with E-state index in [0.29, 0.717) is 4.99 Å². The van der Waals surface area contributed by atoms with E-state index in [4.69, 9.17) is 18.0 Å². The van der Waals surface area contributed by atoms with Crippen LogP contribution in [-0.4, -0.2) is 20.5 Å². The average Bonchev–Trinajstić information content (AvgIpc) is 2.87. The number of nitrogens with zero attached hydrogens (tertiary/aromatic N) is 2. The minimum absolute atomic E-state index is 0.281. The molecule has 0 aliphatic carbocycles. The summed E-state index contributed by atoms with van der Waals surface area (Å²) in [6, 6.07) is 8.28. The number of anilines is 2. The second kappa shape index (κ2) is 6.95. The van der Waals surface area contributed by atoms with Gasteiger partial charge in [0, 0.05) is 22.6 Å². The van der Waals surface area contributed by atoms with Crippen molar-refractivity contribution in [3.05, 3.63) is 36.0 Å². The van der Waals surface area contributed by atoms with Crippen molar-refractivity contribution in [2.24, 2.45) is 5.73 Å². The van der Waals surface area contributed by atoms with Crippen molar-refractivity contribution in [3.8, 4) is 0 Å². The molecule has 0 atom stereocenters. The van der Waals surface area contributed by atoms with Crippen molar-refractivity contribution in [1.82, 2.24) is 9.78 Å². The van der Waals surface area contributed by atoms with Crippen LogP contribution in [0.1, 0.15) is 32.4 Å². The van der Waals surface area contributed by atoms with E-state index in [1.807, 2.05) is 28.9 Å².